The van der Waals surface area contributed by atoms with Crippen molar-refractivity contribution in [3.63, 3.8) is 0 Å². The summed E-state index contributed by atoms with van der Waals surface area (Å²) in [5.41, 5.74) is 0. The Morgan fingerprint density at radius 3 is 2.43 bits per heavy atom. The van der Waals surface area contributed by atoms with Gasteiger partial charge in [-0.15, -0.1) is 0 Å². The second-order valence-electron chi connectivity index (χ2n) is 4.91. The molecular weight excluding hydrogens is 176 g/mol. The largest absolute Gasteiger partial charge is 0.353 e. The molecule has 0 aromatic rings. The molecule has 4 atom stereocenters. The van der Waals surface area contributed by atoms with Crippen LogP contribution in [0.5, 0.6) is 0 Å². The summed E-state index contributed by atoms with van der Waals surface area (Å²) in [6.07, 6.45) is 2.44. The molecular formula is C11H20N2O. The molecule has 4 unspecified atom stereocenters. The van der Waals surface area contributed by atoms with Crippen LogP contribution in [0.3, 0.4) is 0 Å². The van der Waals surface area contributed by atoms with Crippen LogP contribution < -0.4 is 10.6 Å². The lowest BCUT2D eigenvalue weighted by Gasteiger charge is -2.35. The van der Waals surface area contributed by atoms with Crippen molar-refractivity contribution in [1.29, 1.82) is 0 Å². The summed E-state index contributed by atoms with van der Waals surface area (Å²) < 4.78 is 0. The lowest BCUT2D eigenvalue weighted by molar-refractivity contribution is -0.127. The van der Waals surface area contributed by atoms with Crippen molar-refractivity contribution in [2.45, 2.75) is 32.7 Å². The highest BCUT2D eigenvalue weighted by Crippen LogP contribution is 2.27. The van der Waals surface area contributed by atoms with Crippen LogP contribution >= 0.6 is 0 Å². The molecule has 2 N–H and O–H groups in total. The minimum Gasteiger partial charge on any atom is -0.353 e. The number of carbonyl (C=O) groups is 1. The molecule has 1 aliphatic carbocycles. The average Bonchev–Trinajstić information content (AvgIpc) is 2.58. The van der Waals surface area contributed by atoms with Gasteiger partial charge in [-0.05, 0) is 31.2 Å². The fourth-order valence-electron chi connectivity index (χ4n) is 2.33. The van der Waals surface area contributed by atoms with Gasteiger partial charge in [-0.25, -0.2) is 0 Å². The van der Waals surface area contributed by atoms with E-state index in [4.69, 9.17) is 0 Å². The SMILES string of the molecule is CC1CCC1NC(=O)C1CNCC1C. The minimum atomic E-state index is 0.197. The lowest BCUT2D eigenvalue weighted by Crippen LogP contribution is -2.48. The minimum absolute atomic E-state index is 0.197. The van der Waals surface area contributed by atoms with E-state index in [1.54, 1.807) is 0 Å². The molecule has 2 aliphatic rings. The molecule has 14 heavy (non-hydrogen) atoms. The van der Waals surface area contributed by atoms with Gasteiger partial charge in [0.2, 0.25) is 5.91 Å². The third-order valence-corrected chi connectivity index (χ3v) is 3.80. The Morgan fingerprint density at radius 2 is 2.00 bits per heavy atom. The molecule has 1 aliphatic heterocycles. The number of amides is 1. The molecule has 0 spiro atoms. The number of carbonyl (C=O) groups excluding carboxylic acids is 1. The van der Waals surface area contributed by atoms with Gasteiger partial charge in [0, 0.05) is 12.6 Å². The molecule has 1 saturated heterocycles. The Labute approximate surface area is 85.6 Å². The van der Waals surface area contributed by atoms with E-state index < -0.39 is 0 Å². The summed E-state index contributed by atoms with van der Waals surface area (Å²) in [7, 11) is 0. The summed E-state index contributed by atoms with van der Waals surface area (Å²) in [5.74, 6) is 1.64. The average molecular weight is 196 g/mol. The van der Waals surface area contributed by atoms with Gasteiger partial charge in [0.05, 0.1) is 5.92 Å². The van der Waals surface area contributed by atoms with Gasteiger partial charge in [0.15, 0.2) is 0 Å². The first kappa shape index (κ1) is 9.97. The summed E-state index contributed by atoms with van der Waals surface area (Å²) in [6.45, 7) is 6.20. The maximum Gasteiger partial charge on any atom is 0.224 e. The van der Waals surface area contributed by atoms with E-state index in [0.717, 1.165) is 13.1 Å². The molecule has 0 bridgehead atoms. The molecule has 0 aromatic heterocycles. The van der Waals surface area contributed by atoms with Gasteiger partial charge in [-0.1, -0.05) is 13.8 Å². The molecule has 2 fully saturated rings. The Hall–Kier alpha value is -0.570. The molecule has 0 aromatic carbocycles. The van der Waals surface area contributed by atoms with Crippen LogP contribution in [0, 0.1) is 17.8 Å². The van der Waals surface area contributed by atoms with Crippen LogP contribution in [-0.4, -0.2) is 25.0 Å². The van der Waals surface area contributed by atoms with Crippen molar-refractivity contribution in [2.75, 3.05) is 13.1 Å². The van der Waals surface area contributed by atoms with E-state index in [1.165, 1.54) is 12.8 Å². The smallest absolute Gasteiger partial charge is 0.224 e. The summed E-state index contributed by atoms with van der Waals surface area (Å²) in [6, 6.07) is 0.454. The maximum absolute atomic E-state index is 11.9. The number of hydrogen-bond donors (Lipinski definition) is 2. The zero-order valence-corrected chi connectivity index (χ0v) is 9.05. The Kier molecular flexibility index (Phi) is 2.77. The highest BCUT2D eigenvalue weighted by atomic mass is 16.2. The maximum atomic E-state index is 11.9. The van der Waals surface area contributed by atoms with Crippen LogP contribution in [-0.2, 0) is 4.79 Å². The van der Waals surface area contributed by atoms with E-state index in [9.17, 15) is 4.79 Å². The summed E-state index contributed by atoms with van der Waals surface area (Å²) in [4.78, 5) is 11.9. The van der Waals surface area contributed by atoms with Crippen molar-refractivity contribution >= 4 is 5.91 Å². The first-order valence-corrected chi connectivity index (χ1v) is 5.69. The molecule has 1 saturated carbocycles. The topological polar surface area (TPSA) is 41.1 Å². The van der Waals surface area contributed by atoms with Crippen LogP contribution in [0.1, 0.15) is 26.7 Å². The van der Waals surface area contributed by atoms with Crippen molar-refractivity contribution in [2.24, 2.45) is 17.8 Å². The Balaban J connectivity index is 1.82. The van der Waals surface area contributed by atoms with Gasteiger partial charge >= 0.3 is 0 Å². The van der Waals surface area contributed by atoms with Crippen molar-refractivity contribution in [3.05, 3.63) is 0 Å². The van der Waals surface area contributed by atoms with Gasteiger partial charge in [-0.3, -0.25) is 4.79 Å². The third kappa shape index (κ3) is 1.78. The standard InChI is InChI=1S/C11H20N2O/c1-7-3-4-10(7)13-11(14)9-6-12-5-8(9)2/h7-10,12H,3-6H2,1-2H3,(H,13,14). The van der Waals surface area contributed by atoms with Crippen molar-refractivity contribution < 1.29 is 4.79 Å². The monoisotopic (exact) mass is 196 g/mol. The van der Waals surface area contributed by atoms with E-state index in [-0.39, 0.29) is 11.8 Å². The Morgan fingerprint density at radius 1 is 1.21 bits per heavy atom. The first-order chi connectivity index (χ1) is 6.68. The van der Waals surface area contributed by atoms with Gasteiger partial charge in [0.1, 0.15) is 0 Å². The van der Waals surface area contributed by atoms with E-state index in [2.05, 4.69) is 24.5 Å². The predicted octanol–water partition coefficient (Wildman–Crippen LogP) is 0.757. The molecule has 0 radical (unpaired) electrons. The van der Waals surface area contributed by atoms with Gasteiger partial charge in [0.25, 0.3) is 0 Å². The fraction of sp³-hybridized carbons (Fsp3) is 0.909. The number of nitrogens with one attached hydrogen (secondary N) is 2. The summed E-state index contributed by atoms with van der Waals surface area (Å²) in [5, 5.41) is 6.42. The van der Waals surface area contributed by atoms with Crippen LogP contribution in [0.15, 0.2) is 0 Å². The zero-order valence-electron chi connectivity index (χ0n) is 9.05. The van der Waals surface area contributed by atoms with Gasteiger partial charge < -0.3 is 10.6 Å². The normalized spacial score (nSPS) is 41.9. The molecule has 3 nitrogen and oxygen atoms in total. The molecule has 3 heteroatoms. The number of hydrogen-bond acceptors (Lipinski definition) is 2. The summed E-state index contributed by atoms with van der Waals surface area (Å²) >= 11 is 0. The van der Waals surface area contributed by atoms with Crippen LogP contribution in [0.25, 0.3) is 0 Å². The highest BCUT2D eigenvalue weighted by Gasteiger charge is 2.34. The molecule has 80 valence electrons. The molecule has 1 amide bonds. The first-order valence-electron chi connectivity index (χ1n) is 5.69. The lowest BCUT2D eigenvalue weighted by atomic mass is 9.80. The third-order valence-electron chi connectivity index (χ3n) is 3.80. The van der Waals surface area contributed by atoms with Crippen molar-refractivity contribution in [3.8, 4) is 0 Å². The molecule has 1 heterocycles. The Bertz CT molecular complexity index is 229. The highest BCUT2D eigenvalue weighted by molar-refractivity contribution is 5.80. The second-order valence-corrected chi connectivity index (χ2v) is 4.91. The van der Waals surface area contributed by atoms with E-state index in [1.807, 2.05) is 0 Å². The van der Waals surface area contributed by atoms with E-state index >= 15 is 0 Å². The van der Waals surface area contributed by atoms with Gasteiger partial charge in [-0.2, -0.15) is 0 Å². The van der Waals surface area contributed by atoms with Crippen LogP contribution in [0.2, 0.25) is 0 Å². The van der Waals surface area contributed by atoms with Crippen LogP contribution in [0.4, 0.5) is 0 Å². The second kappa shape index (κ2) is 3.89. The quantitative estimate of drug-likeness (QED) is 0.684. The number of rotatable bonds is 2. The fourth-order valence-corrected chi connectivity index (χ4v) is 2.33. The van der Waals surface area contributed by atoms with Crippen molar-refractivity contribution in [1.82, 2.24) is 10.6 Å². The molecule has 2 rings (SSSR count). The zero-order chi connectivity index (χ0) is 10.1. The predicted molar refractivity (Wildman–Crippen MR) is 55.9 cm³/mol. The van der Waals surface area contributed by atoms with E-state index in [0.29, 0.717) is 17.9 Å².